The predicted molar refractivity (Wildman–Crippen MR) is 126 cm³/mol. The van der Waals surface area contributed by atoms with Crippen molar-refractivity contribution in [3.63, 3.8) is 0 Å². The highest BCUT2D eigenvalue weighted by atomic mass is 19.4. The van der Waals surface area contributed by atoms with Crippen LogP contribution in [0.1, 0.15) is 59.3 Å². The molecule has 3 aliphatic rings. The molecule has 0 radical (unpaired) electrons. The summed E-state index contributed by atoms with van der Waals surface area (Å²) in [5.41, 5.74) is -1.40. The fourth-order valence-corrected chi connectivity index (χ4v) is 4.76. The van der Waals surface area contributed by atoms with E-state index in [9.17, 15) is 41.1 Å². The lowest BCUT2D eigenvalue weighted by atomic mass is 9.85. The highest BCUT2D eigenvalue weighted by molar-refractivity contribution is 5.94. The fraction of sp³-hybridized carbons (Fsp3) is 0.792. The minimum atomic E-state index is -5.26. The van der Waals surface area contributed by atoms with E-state index in [-0.39, 0.29) is 17.9 Å². The van der Waals surface area contributed by atoms with E-state index in [0.717, 1.165) is 12.8 Å². The number of carbonyl (C=O) groups is 4. The van der Waals surface area contributed by atoms with Gasteiger partial charge >= 0.3 is 12.1 Å². The van der Waals surface area contributed by atoms with Crippen molar-refractivity contribution in [1.29, 1.82) is 0 Å². The van der Waals surface area contributed by atoms with Crippen molar-refractivity contribution in [3.05, 3.63) is 0 Å². The van der Waals surface area contributed by atoms with Gasteiger partial charge in [-0.3, -0.25) is 24.2 Å². The van der Waals surface area contributed by atoms with Crippen molar-refractivity contribution in [2.75, 3.05) is 7.05 Å². The third kappa shape index (κ3) is 7.40. The topological polar surface area (TPSA) is 129 Å². The first kappa shape index (κ1) is 29.8. The van der Waals surface area contributed by atoms with Gasteiger partial charge in [0.05, 0.1) is 6.04 Å². The molecule has 1 unspecified atom stereocenters. The zero-order valence-electron chi connectivity index (χ0n) is 21.7. The monoisotopic (exact) mass is 551 g/mol. The number of alkyl halides is 5. The second-order valence-electron chi connectivity index (χ2n) is 11.7. The molecule has 4 N–H and O–H groups in total. The van der Waals surface area contributed by atoms with E-state index in [1.165, 1.54) is 34.0 Å². The second-order valence-corrected chi connectivity index (χ2v) is 11.7. The Labute approximate surface area is 217 Å². The lowest BCUT2D eigenvalue weighted by molar-refractivity contribution is -0.175. The molecule has 3 fully saturated rings. The van der Waals surface area contributed by atoms with Crippen molar-refractivity contribution >= 4 is 29.8 Å². The SMILES string of the molecule is C/N=C/[C@H](C[C@@H]1CC2(CC2)NC1=O)NC(=O)[C@H](CC1CC1(F)F)NC(=O)[C@@H](NC(=O)C(F)(F)F)C(C)(C)C. The Kier molecular flexibility index (Phi) is 8.14. The molecule has 14 heteroatoms. The summed E-state index contributed by atoms with van der Waals surface area (Å²) >= 11 is 0. The first-order valence-corrected chi connectivity index (χ1v) is 12.5. The Morgan fingerprint density at radius 1 is 1.05 bits per heavy atom. The Hall–Kier alpha value is -2.80. The van der Waals surface area contributed by atoms with Crippen molar-refractivity contribution in [2.24, 2.45) is 22.2 Å². The van der Waals surface area contributed by atoms with Crippen molar-refractivity contribution < 1.29 is 41.1 Å². The van der Waals surface area contributed by atoms with Gasteiger partial charge in [0.25, 0.3) is 5.92 Å². The van der Waals surface area contributed by atoms with Crippen LogP contribution in [0, 0.1) is 17.3 Å². The minimum absolute atomic E-state index is 0.151. The number of carbonyl (C=O) groups excluding carboxylic acids is 4. The van der Waals surface area contributed by atoms with Gasteiger partial charge in [0.15, 0.2) is 0 Å². The first-order chi connectivity index (χ1) is 17.4. The normalized spacial score (nSPS) is 25.9. The van der Waals surface area contributed by atoms with E-state index in [1.54, 1.807) is 5.32 Å². The number of amides is 4. The van der Waals surface area contributed by atoms with Gasteiger partial charge in [-0.2, -0.15) is 13.2 Å². The molecular formula is C24H34F5N5O4. The smallest absolute Gasteiger partial charge is 0.350 e. The highest BCUT2D eigenvalue weighted by Gasteiger charge is 2.58. The van der Waals surface area contributed by atoms with Gasteiger partial charge in [0.1, 0.15) is 12.1 Å². The van der Waals surface area contributed by atoms with Crippen molar-refractivity contribution in [1.82, 2.24) is 21.3 Å². The van der Waals surface area contributed by atoms with E-state index >= 15 is 0 Å². The summed E-state index contributed by atoms with van der Waals surface area (Å²) in [5.74, 6) is -9.09. The zero-order chi connectivity index (χ0) is 28.7. The number of hydrogen-bond donors (Lipinski definition) is 4. The second kappa shape index (κ2) is 10.4. The number of aliphatic imine (C=N–C) groups is 1. The Balaban J connectivity index is 1.73. The Bertz CT molecular complexity index is 990. The van der Waals surface area contributed by atoms with Crippen LogP contribution in [0.5, 0.6) is 0 Å². The van der Waals surface area contributed by atoms with Crippen LogP contribution in [-0.4, -0.2) is 72.7 Å². The van der Waals surface area contributed by atoms with E-state index in [4.69, 9.17) is 0 Å². The summed E-state index contributed by atoms with van der Waals surface area (Å²) in [7, 11) is 1.46. The average Bonchev–Trinajstić information content (AvgIpc) is 3.62. The van der Waals surface area contributed by atoms with Crippen LogP contribution in [-0.2, 0) is 19.2 Å². The van der Waals surface area contributed by atoms with Crippen LogP contribution in [0.4, 0.5) is 22.0 Å². The summed E-state index contributed by atoms with van der Waals surface area (Å²) < 4.78 is 65.9. The van der Waals surface area contributed by atoms with E-state index in [1.807, 2.05) is 0 Å². The lowest BCUT2D eigenvalue weighted by Crippen LogP contribution is -2.60. The number of halogens is 5. The molecule has 1 heterocycles. The molecule has 0 aromatic heterocycles. The molecule has 214 valence electrons. The molecule has 5 atom stereocenters. The van der Waals surface area contributed by atoms with Crippen LogP contribution in [0.15, 0.2) is 4.99 Å². The van der Waals surface area contributed by atoms with E-state index in [0.29, 0.717) is 6.42 Å². The maximum absolute atomic E-state index is 13.7. The highest BCUT2D eigenvalue weighted by Crippen LogP contribution is 2.51. The molecule has 1 saturated heterocycles. The number of nitrogens with one attached hydrogen (secondary N) is 4. The summed E-state index contributed by atoms with van der Waals surface area (Å²) in [4.78, 5) is 54.0. The quantitative estimate of drug-likeness (QED) is 0.244. The minimum Gasteiger partial charge on any atom is -0.350 e. The van der Waals surface area contributed by atoms with Gasteiger partial charge in [-0.25, -0.2) is 8.78 Å². The van der Waals surface area contributed by atoms with E-state index < -0.39 is 78.0 Å². The van der Waals surface area contributed by atoms with Crippen LogP contribution in [0.3, 0.4) is 0 Å². The standard InChI is InChI=1S/C24H34F5N5O4/c1-21(2,3)16(33-20(38)24(27,28)29)19(37)32-15(8-13-10-23(13,25)26)18(36)31-14(11-30-4)7-12-9-22(5-6-22)34-17(12)35/h11-16H,5-10H2,1-4H3,(H,31,36)(H,32,37)(H,33,38)(H,34,35)/b30-11+/t12-,13?,14+,15+,16-/m1/s1. The molecular weight excluding hydrogens is 517 g/mol. The predicted octanol–water partition coefficient (Wildman–Crippen LogP) is 1.85. The Morgan fingerprint density at radius 3 is 2.11 bits per heavy atom. The van der Waals surface area contributed by atoms with Crippen LogP contribution in [0.2, 0.25) is 0 Å². The summed E-state index contributed by atoms with van der Waals surface area (Å²) in [6.45, 7) is 4.22. The van der Waals surface area contributed by atoms with Gasteiger partial charge in [-0.15, -0.1) is 0 Å². The molecule has 0 bridgehead atoms. The average molecular weight is 552 g/mol. The summed E-state index contributed by atoms with van der Waals surface area (Å²) in [5, 5.41) is 9.48. The molecule has 3 rings (SSSR count). The zero-order valence-corrected chi connectivity index (χ0v) is 21.7. The fourth-order valence-electron chi connectivity index (χ4n) is 4.76. The number of hydrogen-bond acceptors (Lipinski definition) is 5. The maximum atomic E-state index is 13.7. The lowest BCUT2D eigenvalue weighted by Gasteiger charge is -2.32. The van der Waals surface area contributed by atoms with Gasteiger partial charge in [-0.05, 0) is 37.5 Å². The van der Waals surface area contributed by atoms with Crippen molar-refractivity contribution in [2.45, 2.75) is 95.1 Å². The largest absolute Gasteiger partial charge is 0.471 e. The summed E-state index contributed by atoms with van der Waals surface area (Å²) in [6, 6.07) is -3.98. The molecule has 2 saturated carbocycles. The number of rotatable bonds is 10. The molecule has 1 aliphatic heterocycles. The van der Waals surface area contributed by atoms with Crippen LogP contribution >= 0.6 is 0 Å². The Morgan fingerprint density at radius 2 is 1.66 bits per heavy atom. The molecule has 4 amide bonds. The van der Waals surface area contributed by atoms with Crippen molar-refractivity contribution in [3.8, 4) is 0 Å². The van der Waals surface area contributed by atoms with Crippen LogP contribution in [0.25, 0.3) is 0 Å². The first-order valence-electron chi connectivity index (χ1n) is 12.5. The van der Waals surface area contributed by atoms with E-state index in [2.05, 4.69) is 20.9 Å². The molecule has 0 aromatic rings. The van der Waals surface area contributed by atoms with Gasteiger partial charge < -0.3 is 21.3 Å². The molecule has 0 aromatic carbocycles. The molecule has 1 spiro atoms. The third-order valence-electron chi connectivity index (χ3n) is 7.21. The molecule has 9 nitrogen and oxygen atoms in total. The van der Waals surface area contributed by atoms with Gasteiger partial charge in [0, 0.05) is 37.1 Å². The molecule has 38 heavy (non-hydrogen) atoms. The summed E-state index contributed by atoms with van der Waals surface area (Å²) in [6.07, 6.45) is -2.28. The van der Waals surface area contributed by atoms with Crippen LogP contribution < -0.4 is 21.3 Å². The number of nitrogens with zero attached hydrogens (tertiary/aromatic N) is 1. The van der Waals surface area contributed by atoms with Gasteiger partial charge in [0.2, 0.25) is 17.7 Å². The van der Waals surface area contributed by atoms with Gasteiger partial charge in [-0.1, -0.05) is 20.8 Å². The third-order valence-corrected chi connectivity index (χ3v) is 7.21. The molecule has 2 aliphatic carbocycles. The maximum Gasteiger partial charge on any atom is 0.471 e.